The summed E-state index contributed by atoms with van der Waals surface area (Å²) in [4.78, 5) is 12.1. The Hall–Kier alpha value is -1.66. The molecule has 0 aromatic heterocycles. The molecule has 1 N–H and O–H groups in total. The van der Waals surface area contributed by atoms with Crippen molar-refractivity contribution in [1.82, 2.24) is 0 Å². The van der Waals surface area contributed by atoms with Crippen molar-refractivity contribution < 1.29 is 18.3 Å². The van der Waals surface area contributed by atoms with Crippen molar-refractivity contribution in [2.45, 2.75) is 0 Å². The van der Waals surface area contributed by atoms with Crippen LogP contribution in [0.15, 0.2) is 34.8 Å². The SMILES string of the molecule is COc1cc(C(=O)Nc2c(Cl)cc(F)cc2Br)ccc1F. The van der Waals surface area contributed by atoms with Gasteiger partial charge in [0.1, 0.15) is 5.82 Å². The first kappa shape index (κ1) is 15.7. The van der Waals surface area contributed by atoms with E-state index in [-0.39, 0.29) is 22.0 Å². The van der Waals surface area contributed by atoms with E-state index in [9.17, 15) is 13.6 Å². The molecule has 0 heterocycles. The number of nitrogens with one attached hydrogen (secondary N) is 1. The number of ether oxygens (including phenoxy) is 1. The van der Waals surface area contributed by atoms with Crippen molar-refractivity contribution in [1.29, 1.82) is 0 Å². The lowest BCUT2D eigenvalue weighted by atomic mass is 10.2. The van der Waals surface area contributed by atoms with E-state index < -0.39 is 17.5 Å². The van der Waals surface area contributed by atoms with Crippen molar-refractivity contribution in [3.8, 4) is 5.75 Å². The van der Waals surface area contributed by atoms with Crippen LogP contribution >= 0.6 is 27.5 Å². The average Bonchev–Trinajstić information content (AvgIpc) is 2.43. The molecule has 2 aromatic carbocycles. The van der Waals surface area contributed by atoms with Crippen LogP contribution in [0.4, 0.5) is 14.5 Å². The fraction of sp³-hybridized carbons (Fsp3) is 0.0714. The molecular weight excluding hydrogens is 368 g/mol. The number of carbonyl (C=O) groups excluding carboxylic acids is 1. The molecule has 3 nitrogen and oxygen atoms in total. The van der Waals surface area contributed by atoms with Gasteiger partial charge in [-0.3, -0.25) is 4.79 Å². The molecule has 0 aliphatic heterocycles. The molecule has 110 valence electrons. The minimum absolute atomic E-state index is 0.0456. The molecule has 2 aromatic rings. The fourth-order valence-corrected chi connectivity index (χ4v) is 2.55. The molecular formula is C14H9BrClF2NO2. The molecule has 0 spiro atoms. The predicted octanol–water partition coefficient (Wildman–Crippen LogP) is 4.64. The van der Waals surface area contributed by atoms with Gasteiger partial charge in [0, 0.05) is 10.0 Å². The van der Waals surface area contributed by atoms with Gasteiger partial charge in [-0.25, -0.2) is 8.78 Å². The van der Waals surface area contributed by atoms with Gasteiger partial charge in [-0.15, -0.1) is 0 Å². The number of amides is 1. The summed E-state index contributed by atoms with van der Waals surface area (Å²) in [5.41, 5.74) is 0.409. The highest BCUT2D eigenvalue weighted by molar-refractivity contribution is 9.10. The Kier molecular flexibility index (Phi) is 4.80. The van der Waals surface area contributed by atoms with Crippen LogP contribution < -0.4 is 10.1 Å². The van der Waals surface area contributed by atoms with Gasteiger partial charge in [-0.2, -0.15) is 0 Å². The minimum atomic E-state index is -0.574. The molecule has 0 bridgehead atoms. The smallest absolute Gasteiger partial charge is 0.255 e. The van der Waals surface area contributed by atoms with E-state index in [4.69, 9.17) is 16.3 Å². The van der Waals surface area contributed by atoms with E-state index in [1.54, 1.807) is 0 Å². The Labute approximate surface area is 133 Å². The number of methoxy groups -OCH3 is 1. The van der Waals surface area contributed by atoms with Crippen molar-refractivity contribution >= 4 is 39.1 Å². The van der Waals surface area contributed by atoms with E-state index in [0.29, 0.717) is 4.47 Å². The fourth-order valence-electron chi connectivity index (χ4n) is 1.65. The first-order chi connectivity index (χ1) is 9.92. The van der Waals surface area contributed by atoms with Crippen molar-refractivity contribution in [2.24, 2.45) is 0 Å². The maximum Gasteiger partial charge on any atom is 0.255 e. The molecule has 0 saturated heterocycles. The van der Waals surface area contributed by atoms with E-state index in [2.05, 4.69) is 21.2 Å². The highest BCUT2D eigenvalue weighted by atomic mass is 79.9. The monoisotopic (exact) mass is 375 g/mol. The summed E-state index contributed by atoms with van der Waals surface area (Å²) in [5.74, 6) is -1.68. The molecule has 21 heavy (non-hydrogen) atoms. The molecule has 0 aliphatic rings. The first-order valence-corrected chi connectivity index (χ1v) is 6.89. The molecule has 0 aliphatic carbocycles. The largest absolute Gasteiger partial charge is 0.494 e. The summed E-state index contributed by atoms with van der Waals surface area (Å²) in [6.07, 6.45) is 0. The molecule has 1 amide bonds. The third-order valence-electron chi connectivity index (χ3n) is 2.66. The standard InChI is InChI=1S/C14H9BrClF2NO2/c1-21-12-4-7(2-3-11(12)18)14(20)19-13-9(15)5-8(17)6-10(13)16/h2-6H,1H3,(H,19,20). The summed E-state index contributed by atoms with van der Waals surface area (Å²) in [6, 6.07) is 5.93. The van der Waals surface area contributed by atoms with Crippen molar-refractivity contribution in [3.05, 3.63) is 57.0 Å². The third-order valence-corrected chi connectivity index (χ3v) is 3.58. The lowest BCUT2D eigenvalue weighted by Gasteiger charge is -2.10. The zero-order valence-corrected chi connectivity index (χ0v) is 13.1. The number of hydrogen-bond donors (Lipinski definition) is 1. The highest BCUT2D eigenvalue weighted by Crippen LogP contribution is 2.32. The van der Waals surface area contributed by atoms with E-state index >= 15 is 0 Å². The summed E-state index contributed by atoms with van der Waals surface area (Å²) >= 11 is 9.00. The Balaban J connectivity index is 2.30. The summed E-state index contributed by atoms with van der Waals surface area (Å²) < 4.78 is 31.5. The van der Waals surface area contributed by atoms with Gasteiger partial charge in [0.05, 0.1) is 17.8 Å². The Morgan fingerprint density at radius 1 is 1.29 bits per heavy atom. The van der Waals surface area contributed by atoms with E-state index in [0.717, 1.165) is 12.1 Å². The maximum absolute atomic E-state index is 13.3. The zero-order valence-electron chi connectivity index (χ0n) is 10.7. The molecule has 0 radical (unpaired) electrons. The van der Waals surface area contributed by atoms with Crippen molar-refractivity contribution in [2.75, 3.05) is 12.4 Å². The van der Waals surface area contributed by atoms with Crippen molar-refractivity contribution in [3.63, 3.8) is 0 Å². The highest BCUT2D eigenvalue weighted by Gasteiger charge is 2.14. The van der Waals surface area contributed by atoms with Crippen LogP contribution in [0.25, 0.3) is 0 Å². The lowest BCUT2D eigenvalue weighted by molar-refractivity contribution is 0.102. The van der Waals surface area contributed by atoms with Gasteiger partial charge in [-0.1, -0.05) is 11.6 Å². The summed E-state index contributed by atoms with van der Waals surface area (Å²) in [6.45, 7) is 0. The van der Waals surface area contributed by atoms with Crippen LogP contribution in [-0.4, -0.2) is 13.0 Å². The number of carbonyl (C=O) groups is 1. The predicted molar refractivity (Wildman–Crippen MR) is 80.0 cm³/mol. The Morgan fingerprint density at radius 2 is 2.00 bits per heavy atom. The molecule has 0 atom stereocenters. The number of benzene rings is 2. The van der Waals surface area contributed by atoms with Crippen LogP contribution in [0.1, 0.15) is 10.4 Å². The van der Waals surface area contributed by atoms with Gasteiger partial charge < -0.3 is 10.1 Å². The lowest BCUT2D eigenvalue weighted by Crippen LogP contribution is -2.13. The second kappa shape index (κ2) is 6.41. The topological polar surface area (TPSA) is 38.3 Å². The zero-order chi connectivity index (χ0) is 15.6. The van der Waals surface area contributed by atoms with Crippen LogP contribution in [0.3, 0.4) is 0 Å². The Bertz CT molecular complexity index is 686. The van der Waals surface area contributed by atoms with Crippen LogP contribution in [0.2, 0.25) is 5.02 Å². The molecule has 7 heteroatoms. The van der Waals surface area contributed by atoms with Crippen LogP contribution in [0.5, 0.6) is 5.75 Å². The van der Waals surface area contributed by atoms with Gasteiger partial charge in [-0.05, 0) is 46.3 Å². The normalized spacial score (nSPS) is 10.3. The second-order valence-electron chi connectivity index (χ2n) is 4.05. The van der Waals surface area contributed by atoms with Crippen LogP contribution in [0, 0.1) is 11.6 Å². The quantitative estimate of drug-likeness (QED) is 0.847. The average molecular weight is 377 g/mol. The van der Waals surface area contributed by atoms with E-state index in [1.165, 1.54) is 25.3 Å². The van der Waals surface area contributed by atoms with E-state index in [1.807, 2.05) is 0 Å². The number of rotatable bonds is 3. The van der Waals surface area contributed by atoms with Gasteiger partial charge in [0.15, 0.2) is 11.6 Å². The number of hydrogen-bond acceptors (Lipinski definition) is 2. The first-order valence-electron chi connectivity index (χ1n) is 5.72. The molecule has 0 fully saturated rings. The van der Waals surface area contributed by atoms with Crippen LogP contribution in [-0.2, 0) is 0 Å². The van der Waals surface area contributed by atoms with Gasteiger partial charge in [0.25, 0.3) is 5.91 Å². The number of halogens is 4. The molecule has 0 unspecified atom stereocenters. The third kappa shape index (κ3) is 3.51. The second-order valence-corrected chi connectivity index (χ2v) is 5.31. The molecule has 2 rings (SSSR count). The Morgan fingerprint density at radius 3 is 2.62 bits per heavy atom. The van der Waals surface area contributed by atoms with Gasteiger partial charge in [0.2, 0.25) is 0 Å². The maximum atomic E-state index is 13.3. The summed E-state index contributed by atoms with van der Waals surface area (Å²) in [7, 11) is 1.30. The number of anilines is 1. The summed E-state index contributed by atoms with van der Waals surface area (Å²) in [5, 5.41) is 2.58. The minimum Gasteiger partial charge on any atom is -0.494 e. The van der Waals surface area contributed by atoms with Gasteiger partial charge >= 0.3 is 0 Å². The molecule has 0 saturated carbocycles.